The minimum absolute atomic E-state index is 0.0505. The Morgan fingerprint density at radius 3 is 2.50 bits per heavy atom. The highest BCUT2D eigenvalue weighted by atomic mass is 16.6. The molecule has 1 atom stereocenters. The van der Waals surface area contributed by atoms with E-state index in [1.165, 1.54) is 24.3 Å². The predicted octanol–water partition coefficient (Wildman–Crippen LogP) is 1.84. The molecule has 0 aliphatic heterocycles. The molecule has 0 saturated heterocycles. The van der Waals surface area contributed by atoms with E-state index >= 15 is 0 Å². The van der Waals surface area contributed by atoms with Gasteiger partial charge in [-0.05, 0) is 12.5 Å². The van der Waals surface area contributed by atoms with Crippen molar-refractivity contribution in [1.82, 2.24) is 0 Å². The molecule has 0 N–H and O–H groups in total. The number of non-ortho nitro benzene ring substituents is 1. The van der Waals surface area contributed by atoms with Crippen LogP contribution in [0, 0.1) is 15.0 Å². The van der Waals surface area contributed by atoms with Crippen LogP contribution in [0.25, 0.3) is 0 Å². The van der Waals surface area contributed by atoms with Gasteiger partial charge in [-0.3, -0.25) is 10.1 Å². The zero-order valence-electron chi connectivity index (χ0n) is 9.74. The predicted molar refractivity (Wildman–Crippen MR) is 63.0 cm³/mol. The van der Waals surface area contributed by atoms with Crippen LogP contribution in [-0.2, 0) is 16.0 Å². The molecule has 0 spiro atoms. The molecule has 1 aromatic rings. The Labute approximate surface area is 103 Å². The molecule has 96 valence electrons. The van der Waals surface area contributed by atoms with Crippen LogP contribution in [0.4, 0.5) is 5.69 Å². The summed E-state index contributed by atoms with van der Waals surface area (Å²) in [6, 6.07) is 4.46. The van der Waals surface area contributed by atoms with Crippen LogP contribution in [-0.4, -0.2) is 23.5 Å². The Morgan fingerprint density at radius 1 is 1.44 bits per heavy atom. The molecule has 1 aromatic carbocycles. The third-order valence-electron chi connectivity index (χ3n) is 2.26. The molecule has 0 radical (unpaired) electrons. The van der Waals surface area contributed by atoms with Gasteiger partial charge in [0.2, 0.25) is 0 Å². The van der Waals surface area contributed by atoms with Crippen molar-refractivity contribution in [3.63, 3.8) is 0 Å². The third-order valence-corrected chi connectivity index (χ3v) is 2.26. The molecule has 0 aliphatic carbocycles. The zero-order chi connectivity index (χ0) is 13.5. The Hall–Kier alpha value is -2.31. The summed E-state index contributed by atoms with van der Waals surface area (Å²) in [6.07, 6.45) is 0.0698. The van der Waals surface area contributed by atoms with Crippen LogP contribution in [0.1, 0.15) is 12.5 Å². The van der Waals surface area contributed by atoms with E-state index in [0.717, 1.165) is 0 Å². The van der Waals surface area contributed by atoms with E-state index in [1.54, 1.807) is 6.92 Å². The van der Waals surface area contributed by atoms with Gasteiger partial charge in [0, 0.05) is 18.6 Å². The molecule has 0 aliphatic rings. The quantitative estimate of drug-likeness (QED) is 0.333. The number of nitrogens with zero attached hydrogens (tertiary/aromatic N) is 2. The molecular weight excluding hydrogens is 240 g/mol. The number of ether oxygens (including phenoxy) is 1. The largest absolute Gasteiger partial charge is 0.464 e. The summed E-state index contributed by atoms with van der Waals surface area (Å²) in [4.78, 5) is 31.8. The number of hydrogen-bond donors (Lipinski definition) is 0. The number of nitroso groups, excluding NO2 is 1. The first-order valence-corrected chi connectivity index (χ1v) is 5.31. The fraction of sp³-hybridized carbons (Fsp3) is 0.364. The van der Waals surface area contributed by atoms with Crippen molar-refractivity contribution in [3.05, 3.63) is 44.9 Å². The number of carbonyl (C=O) groups excluding carboxylic acids is 1. The molecular formula is C11H12N2O5. The van der Waals surface area contributed by atoms with E-state index < -0.39 is 16.9 Å². The van der Waals surface area contributed by atoms with Gasteiger partial charge in [-0.15, -0.1) is 4.91 Å². The maximum Gasteiger partial charge on any atom is 0.334 e. The Balaban J connectivity index is 2.73. The van der Waals surface area contributed by atoms with Gasteiger partial charge in [0.15, 0.2) is 6.04 Å². The monoisotopic (exact) mass is 252 g/mol. The number of nitro groups is 1. The summed E-state index contributed by atoms with van der Waals surface area (Å²) < 4.78 is 4.69. The minimum Gasteiger partial charge on any atom is -0.464 e. The second-order valence-electron chi connectivity index (χ2n) is 3.50. The molecule has 7 heteroatoms. The molecule has 1 unspecified atom stereocenters. The lowest BCUT2D eigenvalue weighted by molar-refractivity contribution is -0.384. The summed E-state index contributed by atoms with van der Waals surface area (Å²) in [6.45, 7) is 1.80. The fourth-order valence-corrected chi connectivity index (χ4v) is 1.38. The average molecular weight is 252 g/mol. The number of benzene rings is 1. The van der Waals surface area contributed by atoms with Crippen molar-refractivity contribution >= 4 is 11.7 Å². The van der Waals surface area contributed by atoms with Gasteiger partial charge in [0.05, 0.1) is 11.5 Å². The highest BCUT2D eigenvalue weighted by Crippen LogP contribution is 2.14. The fourth-order valence-electron chi connectivity index (χ4n) is 1.38. The summed E-state index contributed by atoms with van der Waals surface area (Å²) in [5, 5.41) is 13.1. The van der Waals surface area contributed by atoms with Gasteiger partial charge in [0.25, 0.3) is 5.69 Å². The van der Waals surface area contributed by atoms with Gasteiger partial charge in [-0.2, -0.15) is 0 Å². The first-order chi connectivity index (χ1) is 8.58. The van der Waals surface area contributed by atoms with Gasteiger partial charge in [0.1, 0.15) is 0 Å². The van der Waals surface area contributed by atoms with Crippen LogP contribution in [0.5, 0.6) is 0 Å². The SMILES string of the molecule is CCOC(=O)C(Cc1ccc([N+](=O)[O-])cc1)N=O. The van der Waals surface area contributed by atoms with E-state index in [1.807, 2.05) is 0 Å². The lowest BCUT2D eigenvalue weighted by Gasteiger charge is -2.07. The van der Waals surface area contributed by atoms with E-state index in [0.29, 0.717) is 5.56 Å². The lowest BCUT2D eigenvalue weighted by Crippen LogP contribution is -2.23. The van der Waals surface area contributed by atoms with E-state index in [9.17, 15) is 19.8 Å². The maximum absolute atomic E-state index is 11.3. The lowest BCUT2D eigenvalue weighted by atomic mass is 10.1. The molecule has 0 bridgehead atoms. The van der Waals surface area contributed by atoms with Gasteiger partial charge >= 0.3 is 5.97 Å². The highest BCUT2D eigenvalue weighted by molar-refractivity contribution is 5.76. The average Bonchev–Trinajstić information content (AvgIpc) is 2.36. The number of carbonyl (C=O) groups is 1. The molecule has 0 amide bonds. The van der Waals surface area contributed by atoms with Gasteiger partial charge in [-0.1, -0.05) is 17.3 Å². The molecule has 7 nitrogen and oxygen atoms in total. The van der Waals surface area contributed by atoms with Crippen molar-refractivity contribution in [1.29, 1.82) is 0 Å². The molecule has 0 saturated carbocycles. The first-order valence-electron chi connectivity index (χ1n) is 5.31. The van der Waals surface area contributed by atoms with E-state index in [2.05, 4.69) is 9.91 Å². The standard InChI is InChI=1S/C11H12N2O5/c1-2-18-11(14)10(12-15)7-8-3-5-9(6-4-8)13(16)17/h3-6,10H,2,7H2,1H3. The van der Waals surface area contributed by atoms with Crippen LogP contribution in [0.3, 0.4) is 0 Å². The van der Waals surface area contributed by atoms with Crippen molar-refractivity contribution < 1.29 is 14.5 Å². The Kier molecular flexibility index (Phi) is 4.91. The van der Waals surface area contributed by atoms with Crippen LogP contribution in [0.2, 0.25) is 0 Å². The van der Waals surface area contributed by atoms with Crippen molar-refractivity contribution in [3.8, 4) is 0 Å². The molecule has 0 heterocycles. The second kappa shape index (κ2) is 6.43. The number of nitro benzene ring substituents is 1. The van der Waals surface area contributed by atoms with Crippen molar-refractivity contribution in [2.75, 3.05) is 6.61 Å². The molecule has 1 rings (SSSR count). The van der Waals surface area contributed by atoms with E-state index in [-0.39, 0.29) is 18.7 Å². The number of hydrogen-bond acceptors (Lipinski definition) is 6. The van der Waals surface area contributed by atoms with Gasteiger partial charge in [-0.25, -0.2) is 4.79 Å². The maximum atomic E-state index is 11.3. The van der Waals surface area contributed by atoms with Gasteiger partial charge < -0.3 is 4.74 Å². The van der Waals surface area contributed by atoms with Crippen molar-refractivity contribution in [2.24, 2.45) is 5.18 Å². The van der Waals surface area contributed by atoms with Crippen LogP contribution in [0.15, 0.2) is 29.4 Å². The Bertz CT molecular complexity index is 443. The summed E-state index contributed by atoms with van der Waals surface area (Å²) in [7, 11) is 0. The molecule has 18 heavy (non-hydrogen) atoms. The van der Waals surface area contributed by atoms with E-state index in [4.69, 9.17) is 0 Å². The topological polar surface area (TPSA) is 98.9 Å². The summed E-state index contributed by atoms with van der Waals surface area (Å²) in [5.74, 6) is -0.689. The second-order valence-corrected chi connectivity index (χ2v) is 3.50. The molecule has 0 fully saturated rings. The zero-order valence-corrected chi connectivity index (χ0v) is 9.74. The summed E-state index contributed by atoms with van der Waals surface area (Å²) >= 11 is 0. The molecule has 0 aromatic heterocycles. The smallest absolute Gasteiger partial charge is 0.334 e. The normalized spacial score (nSPS) is 11.6. The third kappa shape index (κ3) is 3.62. The van der Waals surface area contributed by atoms with Crippen molar-refractivity contribution in [2.45, 2.75) is 19.4 Å². The highest BCUT2D eigenvalue weighted by Gasteiger charge is 2.21. The number of rotatable bonds is 6. The Morgan fingerprint density at radius 2 is 2.06 bits per heavy atom. The van der Waals surface area contributed by atoms with Crippen LogP contribution < -0.4 is 0 Å². The minimum atomic E-state index is -1.12. The first kappa shape index (κ1) is 13.8. The summed E-state index contributed by atoms with van der Waals surface area (Å²) in [5.41, 5.74) is 0.559. The number of esters is 1. The van der Waals surface area contributed by atoms with Crippen LogP contribution >= 0.6 is 0 Å².